The monoisotopic (exact) mass is 335 g/mol. The molecule has 132 valence electrons. The zero-order valence-corrected chi connectivity index (χ0v) is 14.9. The van der Waals surface area contributed by atoms with E-state index in [0.717, 1.165) is 22.8 Å². The van der Waals surface area contributed by atoms with Crippen LogP contribution in [-0.4, -0.2) is 36.9 Å². The zero-order chi connectivity index (χ0) is 17.9. The molecule has 2 rings (SSSR count). The van der Waals surface area contributed by atoms with Gasteiger partial charge >= 0.3 is 12.1 Å². The Balaban J connectivity index is 2.00. The molecule has 0 aliphatic heterocycles. The van der Waals surface area contributed by atoms with Gasteiger partial charge in [0.05, 0.1) is 20.1 Å². The van der Waals surface area contributed by atoms with Gasteiger partial charge in [-0.2, -0.15) is 0 Å². The van der Waals surface area contributed by atoms with Gasteiger partial charge in [-0.05, 0) is 57.2 Å². The van der Waals surface area contributed by atoms with Crippen molar-refractivity contribution >= 4 is 12.1 Å². The van der Waals surface area contributed by atoms with Crippen LogP contribution in [0.25, 0.3) is 0 Å². The number of aryl methyl sites for hydroxylation is 1. The minimum Gasteiger partial charge on any atom is -0.496 e. The van der Waals surface area contributed by atoms with Crippen LogP contribution >= 0.6 is 0 Å². The van der Waals surface area contributed by atoms with E-state index in [1.54, 1.807) is 27.9 Å². The Kier molecular flexibility index (Phi) is 5.36. The summed E-state index contributed by atoms with van der Waals surface area (Å²) < 4.78 is 10.5. The standard InChI is InChI=1S/C18H25NO5/c1-18(2,3)23-17(21)19(4)24-16(20)13-10-9-12-7-6-8-15(22-5)14(12)11-13/h6-8,13H,9-11H2,1-5H3. The van der Waals surface area contributed by atoms with Crippen LogP contribution in [0.2, 0.25) is 0 Å². The predicted octanol–water partition coefficient (Wildman–Crippen LogP) is 3.13. The molecule has 0 bridgehead atoms. The van der Waals surface area contributed by atoms with Gasteiger partial charge < -0.3 is 14.3 Å². The molecule has 0 spiro atoms. The first-order valence-electron chi connectivity index (χ1n) is 8.04. The molecule has 1 atom stereocenters. The lowest BCUT2D eigenvalue weighted by atomic mass is 9.83. The van der Waals surface area contributed by atoms with Gasteiger partial charge in [-0.15, -0.1) is 5.06 Å². The van der Waals surface area contributed by atoms with Gasteiger partial charge in [0.25, 0.3) is 0 Å². The first-order valence-corrected chi connectivity index (χ1v) is 8.04. The zero-order valence-electron chi connectivity index (χ0n) is 14.9. The van der Waals surface area contributed by atoms with E-state index in [4.69, 9.17) is 14.3 Å². The van der Waals surface area contributed by atoms with E-state index in [2.05, 4.69) is 0 Å². The summed E-state index contributed by atoms with van der Waals surface area (Å²) in [7, 11) is 3.00. The van der Waals surface area contributed by atoms with Crippen molar-refractivity contribution in [2.24, 2.45) is 5.92 Å². The number of rotatable bonds is 2. The maximum absolute atomic E-state index is 12.4. The summed E-state index contributed by atoms with van der Waals surface area (Å²) in [6.07, 6.45) is 1.31. The summed E-state index contributed by atoms with van der Waals surface area (Å²) in [6, 6.07) is 5.89. The highest BCUT2D eigenvalue weighted by atomic mass is 16.8. The van der Waals surface area contributed by atoms with Crippen molar-refractivity contribution < 1.29 is 23.9 Å². The van der Waals surface area contributed by atoms with Crippen molar-refractivity contribution in [2.45, 2.75) is 45.6 Å². The van der Waals surface area contributed by atoms with E-state index in [1.807, 2.05) is 18.2 Å². The molecule has 6 heteroatoms. The highest BCUT2D eigenvalue weighted by Gasteiger charge is 2.30. The Morgan fingerprint density at radius 2 is 1.96 bits per heavy atom. The van der Waals surface area contributed by atoms with Crippen LogP contribution in [0.15, 0.2) is 18.2 Å². The lowest BCUT2D eigenvalue weighted by Gasteiger charge is -2.27. The molecule has 24 heavy (non-hydrogen) atoms. The lowest BCUT2D eigenvalue weighted by molar-refractivity contribution is -0.184. The molecule has 0 N–H and O–H groups in total. The summed E-state index contributed by atoms with van der Waals surface area (Å²) in [4.78, 5) is 29.4. The molecule has 6 nitrogen and oxygen atoms in total. The topological polar surface area (TPSA) is 65.1 Å². The molecule has 0 saturated heterocycles. The largest absolute Gasteiger partial charge is 0.496 e. The fourth-order valence-electron chi connectivity index (χ4n) is 2.72. The Labute approximate surface area is 142 Å². The van der Waals surface area contributed by atoms with Gasteiger partial charge in [0, 0.05) is 0 Å². The molecule has 1 amide bonds. The van der Waals surface area contributed by atoms with Crippen LogP contribution in [0.1, 0.15) is 38.3 Å². The molecular formula is C18H25NO5. The number of fused-ring (bicyclic) bond motifs is 1. The third kappa shape index (κ3) is 4.40. The van der Waals surface area contributed by atoms with E-state index >= 15 is 0 Å². The highest BCUT2D eigenvalue weighted by Crippen LogP contribution is 2.32. The Morgan fingerprint density at radius 1 is 1.25 bits per heavy atom. The third-order valence-corrected chi connectivity index (χ3v) is 3.87. The third-order valence-electron chi connectivity index (χ3n) is 3.87. The summed E-state index contributed by atoms with van der Waals surface area (Å²) in [5.41, 5.74) is 1.58. The van der Waals surface area contributed by atoms with E-state index in [0.29, 0.717) is 12.8 Å². The average molecular weight is 335 g/mol. The Hall–Kier alpha value is -2.24. The number of hydroxylamine groups is 2. The molecule has 0 heterocycles. The number of amides is 1. The van der Waals surface area contributed by atoms with Crippen LogP contribution in [0.5, 0.6) is 5.75 Å². The molecule has 0 saturated carbocycles. The lowest BCUT2D eigenvalue weighted by Crippen LogP contribution is -2.38. The summed E-state index contributed by atoms with van der Waals surface area (Å²) in [6.45, 7) is 5.26. The van der Waals surface area contributed by atoms with Crippen LogP contribution in [0.4, 0.5) is 4.79 Å². The number of benzene rings is 1. The van der Waals surface area contributed by atoms with Crippen LogP contribution in [0.3, 0.4) is 0 Å². The van der Waals surface area contributed by atoms with Gasteiger partial charge in [-0.25, -0.2) is 9.59 Å². The van der Waals surface area contributed by atoms with Crippen molar-refractivity contribution in [1.29, 1.82) is 0 Å². The Morgan fingerprint density at radius 3 is 2.58 bits per heavy atom. The first kappa shape index (κ1) is 18.1. The quantitative estimate of drug-likeness (QED) is 0.777. The summed E-state index contributed by atoms with van der Waals surface area (Å²) >= 11 is 0. The van der Waals surface area contributed by atoms with Crippen molar-refractivity contribution in [3.63, 3.8) is 0 Å². The number of hydrogen-bond donors (Lipinski definition) is 0. The number of nitrogens with zero attached hydrogens (tertiary/aromatic N) is 1. The van der Waals surface area contributed by atoms with Crippen molar-refractivity contribution in [2.75, 3.05) is 14.2 Å². The van der Waals surface area contributed by atoms with Crippen molar-refractivity contribution in [3.05, 3.63) is 29.3 Å². The smallest absolute Gasteiger partial charge is 0.443 e. The second-order valence-electron chi connectivity index (χ2n) is 6.93. The number of carbonyl (C=O) groups is 2. The average Bonchev–Trinajstić information content (AvgIpc) is 2.51. The van der Waals surface area contributed by atoms with E-state index < -0.39 is 17.7 Å². The minimum absolute atomic E-state index is 0.307. The van der Waals surface area contributed by atoms with Crippen molar-refractivity contribution in [1.82, 2.24) is 5.06 Å². The molecule has 1 aromatic rings. The molecule has 1 aromatic carbocycles. The van der Waals surface area contributed by atoms with E-state index in [1.165, 1.54) is 12.6 Å². The van der Waals surface area contributed by atoms with Crippen LogP contribution in [-0.2, 0) is 27.2 Å². The SMILES string of the molecule is COc1cccc2c1CC(C(=O)ON(C)C(=O)OC(C)(C)C)CC2. The maximum atomic E-state index is 12.4. The fraction of sp³-hybridized carbons (Fsp3) is 0.556. The first-order chi connectivity index (χ1) is 11.2. The van der Waals surface area contributed by atoms with Crippen molar-refractivity contribution in [3.8, 4) is 5.75 Å². The molecule has 0 fully saturated rings. The second kappa shape index (κ2) is 7.11. The molecule has 0 aromatic heterocycles. The minimum atomic E-state index is -0.690. The van der Waals surface area contributed by atoms with Gasteiger partial charge in [-0.1, -0.05) is 12.1 Å². The molecule has 0 radical (unpaired) electrons. The number of methoxy groups -OCH3 is 1. The van der Waals surface area contributed by atoms with Crippen LogP contribution in [0, 0.1) is 5.92 Å². The predicted molar refractivity (Wildman–Crippen MR) is 88.6 cm³/mol. The number of hydrogen-bond acceptors (Lipinski definition) is 5. The van der Waals surface area contributed by atoms with Gasteiger partial charge in [0.2, 0.25) is 0 Å². The normalized spacial score (nSPS) is 16.8. The maximum Gasteiger partial charge on any atom is 0.443 e. The van der Waals surface area contributed by atoms with E-state index in [-0.39, 0.29) is 5.92 Å². The highest BCUT2D eigenvalue weighted by molar-refractivity contribution is 5.76. The van der Waals surface area contributed by atoms with Gasteiger partial charge in [0.15, 0.2) is 0 Å². The van der Waals surface area contributed by atoms with Gasteiger partial charge in [0.1, 0.15) is 11.4 Å². The summed E-state index contributed by atoms with van der Waals surface area (Å²) in [5.74, 6) is 0.0455. The molecule has 1 aliphatic carbocycles. The Bertz CT molecular complexity index is 606. The number of ether oxygens (including phenoxy) is 2. The fourth-order valence-corrected chi connectivity index (χ4v) is 2.72. The molecular weight excluding hydrogens is 310 g/mol. The van der Waals surface area contributed by atoms with Gasteiger partial charge in [-0.3, -0.25) is 0 Å². The van der Waals surface area contributed by atoms with E-state index in [9.17, 15) is 9.59 Å². The number of carbonyl (C=O) groups excluding carboxylic acids is 2. The molecule has 1 aliphatic rings. The molecule has 1 unspecified atom stereocenters. The van der Waals surface area contributed by atoms with Crippen LogP contribution < -0.4 is 4.74 Å². The summed E-state index contributed by atoms with van der Waals surface area (Å²) in [5, 5.41) is 0.853. The second-order valence-corrected chi connectivity index (χ2v) is 6.93.